The first-order valence-corrected chi connectivity index (χ1v) is 11.2. The molecule has 26 heavy (non-hydrogen) atoms. The Morgan fingerprint density at radius 1 is 1.23 bits per heavy atom. The first-order chi connectivity index (χ1) is 12.5. The number of carbonyl (C=O) groups excluding carboxylic acids is 1. The monoisotopic (exact) mass is 437 g/mol. The molecule has 3 rings (SSSR count). The SMILES string of the molecule is CC1S/C(=N\C2CCCCCC2)N(C)C1CC(=O)Nc1ccc(Br)cc1. The van der Waals surface area contributed by atoms with Crippen molar-refractivity contribution in [1.82, 2.24) is 4.90 Å². The van der Waals surface area contributed by atoms with Gasteiger partial charge in [0.2, 0.25) is 5.91 Å². The third-order valence-corrected chi connectivity index (χ3v) is 7.09. The Balaban J connectivity index is 1.59. The van der Waals surface area contributed by atoms with Gasteiger partial charge in [0.05, 0.1) is 12.1 Å². The van der Waals surface area contributed by atoms with Crippen molar-refractivity contribution in [3.8, 4) is 0 Å². The van der Waals surface area contributed by atoms with Gasteiger partial charge in [0, 0.05) is 28.9 Å². The topological polar surface area (TPSA) is 44.7 Å². The maximum Gasteiger partial charge on any atom is 0.226 e. The Kier molecular flexibility index (Phi) is 7.04. The van der Waals surface area contributed by atoms with Crippen molar-refractivity contribution in [3.05, 3.63) is 28.7 Å². The number of carbonyl (C=O) groups is 1. The van der Waals surface area contributed by atoms with Gasteiger partial charge in [-0.15, -0.1) is 0 Å². The second kappa shape index (κ2) is 9.27. The van der Waals surface area contributed by atoms with Crippen LogP contribution in [-0.4, -0.2) is 40.4 Å². The minimum atomic E-state index is 0.0624. The van der Waals surface area contributed by atoms with Gasteiger partial charge in [0.1, 0.15) is 0 Å². The maximum atomic E-state index is 12.5. The summed E-state index contributed by atoms with van der Waals surface area (Å²) in [5, 5.41) is 4.50. The fourth-order valence-corrected chi connectivity index (χ4v) is 5.23. The van der Waals surface area contributed by atoms with Crippen LogP contribution in [0.4, 0.5) is 5.69 Å². The molecule has 142 valence electrons. The molecule has 1 aliphatic heterocycles. The lowest BCUT2D eigenvalue weighted by atomic mass is 10.1. The average Bonchev–Trinajstić information content (AvgIpc) is 2.81. The minimum Gasteiger partial charge on any atom is -0.350 e. The predicted octanol–water partition coefficient (Wildman–Crippen LogP) is 5.29. The van der Waals surface area contributed by atoms with Gasteiger partial charge in [-0.25, -0.2) is 0 Å². The normalized spacial score (nSPS) is 26.1. The summed E-state index contributed by atoms with van der Waals surface area (Å²) in [6, 6.07) is 8.36. The van der Waals surface area contributed by atoms with Crippen molar-refractivity contribution in [2.45, 2.75) is 69.2 Å². The van der Waals surface area contributed by atoms with E-state index in [0.717, 1.165) is 15.3 Å². The Hall–Kier alpha value is -1.01. The summed E-state index contributed by atoms with van der Waals surface area (Å²) >= 11 is 5.24. The molecule has 4 nitrogen and oxygen atoms in total. The van der Waals surface area contributed by atoms with Crippen molar-refractivity contribution in [3.63, 3.8) is 0 Å². The highest BCUT2D eigenvalue weighted by atomic mass is 79.9. The van der Waals surface area contributed by atoms with Crippen LogP contribution in [0.3, 0.4) is 0 Å². The van der Waals surface area contributed by atoms with E-state index in [2.05, 4.69) is 40.1 Å². The molecule has 0 radical (unpaired) electrons. The molecule has 1 saturated carbocycles. The standard InChI is InChI=1S/C20H28BrN3OS/c1-14-18(13-19(25)22-17-11-9-15(21)10-12-17)24(2)20(26-14)23-16-7-5-3-4-6-8-16/h9-12,14,16,18H,3-8,13H2,1-2H3,(H,22,25)/b23-20-. The molecule has 1 aromatic rings. The molecule has 1 heterocycles. The van der Waals surface area contributed by atoms with E-state index >= 15 is 0 Å². The van der Waals surface area contributed by atoms with Crippen LogP contribution < -0.4 is 5.32 Å². The lowest BCUT2D eigenvalue weighted by Crippen LogP contribution is -2.36. The van der Waals surface area contributed by atoms with Crippen LogP contribution in [0, 0.1) is 0 Å². The highest BCUT2D eigenvalue weighted by Crippen LogP contribution is 2.33. The predicted molar refractivity (Wildman–Crippen MR) is 115 cm³/mol. The number of halogens is 1. The summed E-state index contributed by atoms with van der Waals surface area (Å²) in [7, 11) is 2.09. The van der Waals surface area contributed by atoms with Gasteiger partial charge in [0.25, 0.3) is 0 Å². The molecular formula is C20H28BrN3OS. The van der Waals surface area contributed by atoms with Crippen LogP contribution in [0.1, 0.15) is 51.9 Å². The van der Waals surface area contributed by atoms with E-state index in [0.29, 0.717) is 17.7 Å². The third kappa shape index (κ3) is 5.26. The van der Waals surface area contributed by atoms with Crippen molar-refractivity contribution < 1.29 is 4.79 Å². The first-order valence-electron chi connectivity index (χ1n) is 9.55. The van der Waals surface area contributed by atoms with Crippen molar-refractivity contribution in [1.29, 1.82) is 0 Å². The average molecular weight is 438 g/mol. The van der Waals surface area contributed by atoms with E-state index in [-0.39, 0.29) is 11.9 Å². The molecule has 6 heteroatoms. The minimum absolute atomic E-state index is 0.0624. The van der Waals surface area contributed by atoms with Crippen LogP contribution in [0.5, 0.6) is 0 Å². The third-order valence-electron chi connectivity index (χ3n) is 5.27. The number of amidine groups is 1. The van der Waals surface area contributed by atoms with Gasteiger partial charge in [-0.1, -0.05) is 60.3 Å². The van der Waals surface area contributed by atoms with Crippen LogP contribution in [-0.2, 0) is 4.79 Å². The van der Waals surface area contributed by atoms with Gasteiger partial charge < -0.3 is 10.2 Å². The highest BCUT2D eigenvalue weighted by molar-refractivity contribution is 9.10. The van der Waals surface area contributed by atoms with Gasteiger partial charge in [0.15, 0.2) is 5.17 Å². The summed E-state index contributed by atoms with van der Waals surface area (Å²) < 4.78 is 1.01. The quantitative estimate of drug-likeness (QED) is 0.650. The summed E-state index contributed by atoms with van der Waals surface area (Å²) in [6.45, 7) is 2.20. The summed E-state index contributed by atoms with van der Waals surface area (Å²) in [6.07, 6.45) is 8.19. The number of nitrogens with zero attached hydrogens (tertiary/aromatic N) is 2. The molecule has 2 fully saturated rings. The number of aliphatic imine (C=N–C) groups is 1. The molecule has 1 amide bonds. The zero-order valence-electron chi connectivity index (χ0n) is 15.6. The number of amides is 1. The summed E-state index contributed by atoms with van der Waals surface area (Å²) in [5.41, 5.74) is 0.839. The van der Waals surface area contributed by atoms with Gasteiger partial charge >= 0.3 is 0 Å². The molecule has 1 aromatic carbocycles. The largest absolute Gasteiger partial charge is 0.350 e. The molecule has 2 atom stereocenters. The lowest BCUT2D eigenvalue weighted by Gasteiger charge is -2.23. The Labute approximate surface area is 169 Å². The molecule has 1 N–H and O–H groups in total. The number of nitrogens with one attached hydrogen (secondary N) is 1. The molecular weight excluding hydrogens is 410 g/mol. The summed E-state index contributed by atoms with van der Waals surface area (Å²) in [5.74, 6) is 0.0624. The van der Waals surface area contributed by atoms with Gasteiger partial charge in [-0.3, -0.25) is 9.79 Å². The van der Waals surface area contributed by atoms with E-state index in [1.54, 1.807) is 0 Å². The Morgan fingerprint density at radius 2 is 1.88 bits per heavy atom. The maximum absolute atomic E-state index is 12.5. The first kappa shape index (κ1) is 19.7. The van der Waals surface area contributed by atoms with Crippen molar-refractivity contribution in [2.75, 3.05) is 12.4 Å². The number of thioether (sulfide) groups is 1. The van der Waals surface area contributed by atoms with Gasteiger partial charge in [-0.2, -0.15) is 0 Å². The van der Waals surface area contributed by atoms with E-state index in [1.165, 1.54) is 38.5 Å². The van der Waals surface area contributed by atoms with Crippen molar-refractivity contribution in [2.24, 2.45) is 4.99 Å². The molecule has 1 saturated heterocycles. The second-order valence-electron chi connectivity index (χ2n) is 7.32. The Bertz CT molecular complexity index is 641. The number of anilines is 1. The van der Waals surface area contributed by atoms with Crippen LogP contribution >= 0.6 is 27.7 Å². The molecule has 0 spiro atoms. The smallest absolute Gasteiger partial charge is 0.226 e. The fourth-order valence-electron chi connectivity index (χ4n) is 3.69. The van der Waals surface area contributed by atoms with E-state index in [1.807, 2.05) is 36.0 Å². The van der Waals surface area contributed by atoms with Crippen LogP contribution in [0.25, 0.3) is 0 Å². The summed E-state index contributed by atoms with van der Waals surface area (Å²) in [4.78, 5) is 19.8. The van der Waals surface area contributed by atoms with Crippen LogP contribution in [0.15, 0.2) is 33.7 Å². The zero-order valence-corrected chi connectivity index (χ0v) is 18.0. The van der Waals surface area contributed by atoms with Gasteiger partial charge in [-0.05, 0) is 37.1 Å². The molecule has 2 aliphatic rings. The number of benzene rings is 1. The molecule has 0 bridgehead atoms. The number of rotatable bonds is 4. The van der Waals surface area contributed by atoms with Crippen molar-refractivity contribution >= 4 is 44.5 Å². The number of hydrogen-bond donors (Lipinski definition) is 1. The number of hydrogen-bond acceptors (Lipinski definition) is 3. The zero-order chi connectivity index (χ0) is 18.5. The van der Waals surface area contributed by atoms with E-state index in [9.17, 15) is 4.79 Å². The Morgan fingerprint density at radius 3 is 2.54 bits per heavy atom. The fraction of sp³-hybridized carbons (Fsp3) is 0.600. The molecule has 1 aliphatic carbocycles. The van der Waals surface area contributed by atoms with E-state index in [4.69, 9.17) is 4.99 Å². The molecule has 2 unspecified atom stereocenters. The van der Waals surface area contributed by atoms with Crippen LogP contribution in [0.2, 0.25) is 0 Å². The molecule has 0 aromatic heterocycles. The highest BCUT2D eigenvalue weighted by Gasteiger charge is 2.35. The van der Waals surface area contributed by atoms with E-state index < -0.39 is 0 Å². The second-order valence-corrected chi connectivity index (χ2v) is 9.58. The lowest BCUT2D eigenvalue weighted by molar-refractivity contribution is -0.117.